The van der Waals surface area contributed by atoms with Crippen LogP contribution >= 0.6 is 0 Å². The second-order valence-electron chi connectivity index (χ2n) is 10.6. The summed E-state index contributed by atoms with van der Waals surface area (Å²) in [5, 5.41) is 11.0. The van der Waals surface area contributed by atoms with Gasteiger partial charge >= 0.3 is 6.09 Å². The van der Waals surface area contributed by atoms with Crippen molar-refractivity contribution in [3.05, 3.63) is 112 Å². The van der Waals surface area contributed by atoms with E-state index in [0.29, 0.717) is 19.6 Å². The van der Waals surface area contributed by atoms with E-state index in [2.05, 4.69) is 53.5 Å². The van der Waals surface area contributed by atoms with Gasteiger partial charge in [-0.2, -0.15) is 0 Å². The van der Waals surface area contributed by atoms with Crippen LogP contribution < -0.4 is 4.90 Å². The van der Waals surface area contributed by atoms with Crippen molar-refractivity contribution in [2.45, 2.75) is 58.3 Å². The molecule has 0 aromatic heterocycles. The first-order chi connectivity index (χ1) is 18.2. The van der Waals surface area contributed by atoms with Gasteiger partial charge in [0.2, 0.25) is 0 Å². The van der Waals surface area contributed by atoms with Crippen LogP contribution in [0.2, 0.25) is 0 Å². The van der Waals surface area contributed by atoms with Crippen LogP contribution in [-0.4, -0.2) is 34.1 Å². The molecule has 1 aliphatic heterocycles. The number of nitro benzene ring substituents is 1. The summed E-state index contributed by atoms with van der Waals surface area (Å²) in [6, 6.07) is 25.3. The number of nitrogens with zero attached hydrogens (tertiary/aromatic N) is 3. The van der Waals surface area contributed by atoms with Crippen LogP contribution in [-0.2, 0) is 17.8 Å². The topological polar surface area (TPSA) is 75.9 Å². The van der Waals surface area contributed by atoms with E-state index in [1.165, 1.54) is 0 Å². The minimum absolute atomic E-state index is 0.0415. The molecular formula is C31H35N3O4. The maximum Gasteiger partial charge on any atom is 0.410 e. The molecule has 0 aliphatic carbocycles. The Balaban J connectivity index is 1.43. The van der Waals surface area contributed by atoms with Gasteiger partial charge in [0.1, 0.15) is 5.60 Å². The zero-order chi connectivity index (χ0) is 27.1. The van der Waals surface area contributed by atoms with Gasteiger partial charge in [0.25, 0.3) is 5.69 Å². The number of carbonyl (C=O) groups is 1. The van der Waals surface area contributed by atoms with Crippen molar-refractivity contribution in [1.82, 2.24) is 4.90 Å². The lowest BCUT2D eigenvalue weighted by Gasteiger charge is -2.27. The summed E-state index contributed by atoms with van der Waals surface area (Å²) in [5.74, 6) is 0. The summed E-state index contributed by atoms with van der Waals surface area (Å²) in [7, 11) is 0. The van der Waals surface area contributed by atoms with Crippen LogP contribution in [0, 0.1) is 10.1 Å². The van der Waals surface area contributed by atoms with E-state index in [9.17, 15) is 14.9 Å². The van der Waals surface area contributed by atoms with E-state index in [1.807, 2.05) is 56.0 Å². The number of rotatable bonds is 8. The predicted molar refractivity (Wildman–Crippen MR) is 151 cm³/mol. The molecule has 1 aliphatic rings. The molecule has 1 fully saturated rings. The summed E-state index contributed by atoms with van der Waals surface area (Å²) in [5.41, 5.74) is 3.91. The highest BCUT2D eigenvalue weighted by molar-refractivity contribution is 5.69. The fourth-order valence-electron chi connectivity index (χ4n) is 4.54. The van der Waals surface area contributed by atoms with Gasteiger partial charge in [-0.05, 0) is 62.4 Å². The van der Waals surface area contributed by atoms with Gasteiger partial charge in [-0.1, -0.05) is 66.7 Å². The minimum atomic E-state index is -0.504. The van der Waals surface area contributed by atoms with E-state index in [-0.39, 0.29) is 22.7 Å². The summed E-state index contributed by atoms with van der Waals surface area (Å²) in [6.07, 6.45) is 5.81. The quantitative estimate of drug-likeness (QED) is 0.235. The molecule has 1 unspecified atom stereocenters. The first-order valence-electron chi connectivity index (χ1n) is 13.0. The number of benzene rings is 3. The van der Waals surface area contributed by atoms with Crippen molar-refractivity contribution >= 4 is 23.5 Å². The Morgan fingerprint density at radius 1 is 1.00 bits per heavy atom. The van der Waals surface area contributed by atoms with Crippen molar-refractivity contribution in [2.24, 2.45) is 0 Å². The predicted octanol–water partition coefficient (Wildman–Crippen LogP) is 7.21. The molecule has 198 valence electrons. The number of non-ortho nitro benzene ring substituents is 1. The lowest BCUT2D eigenvalue weighted by atomic mass is 10.1. The van der Waals surface area contributed by atoms with Gasteiger partial charge in [-0.25, -0.2) is 4.79 Å². The molecule has 7 nitrogen and oxygen atoms in total. The summed E-state index contributed by atoms with van der Waals surface area (Å²) in [6.45, 7) is 7.70. The average molecular weight is 514 g/mol. The zero-order valence-corrected chi connectivity index (χ0v) is 22.2. The number of amides is 1. The first kappa shape index (κ1) is 26.9. The lowest BCUT2D eigenvalue weighted by Crippen LogP contribution is -2.39. The Labute approximate surface area is 224 Å². The van der Waals surface area contributed by atoms with Gasteiger partial charge in [0.15, 0.2) is 0 Å². The maximum absolute atomic E-state index is 12.6. The Morgan fingerprint density at radius 3 is 2.18 bits per heavy atom. The van der Waals surface area contributed by atoms with Gasteiger partial charge in [0.05, 0.1) is 11.0 Å². The van der Waals surface area contributed by atoms with Crippen LogP contribution in [0.3, 0.4) is 0 Å². The van der Waals surface area contributed by atoms with Crippen molar-refractivity contribution in [1.29, 1.82) is 0 Å². The molecule has 3 aromatic carbocycles. The fraction of sp³-hybridized carbons (Fsp3) is 0.323. The summed E-state index contributed by atoms with van der Waals surface area (Å²) in [4.78, 5) is 27.3. The van der Waals surface area contributed by atoms with E-state index >= 15 is 0 Å². The average Bonchev–Trinajstić information content (AvgIpc) is 3.37. The van der Waals surface area contributed by atoms with Crippen molar-refractivity contribution in [3.8, 4) is 0 Å². The minimum Gasteiger partial charge on any atom is -0.444 e. The molecule has 38 heavy (non-hydrogen) atoms. The molecule has 0 saturated carbocycles. The number of hydrogen-bond acceptors (Lipinski definition) is 5. The normalized spacial score (nSPS) is 15.6. The zero-order valence-electron chi connectivity index (χ0n) is 22.2. The third kappa shape index (κ3) is 7.44. The van der Waals surface area contributed by atoms with Gasteiger partial charge in [-0.15, -0.1) is 0 Å². The Kier molecular flexibility index (Phi) is 8.46. The largest absolute Gasteiger partial charge is 0.444 e. The third-order valence-electron chi connectivity index (χ3n) is 6.43. The number of nitro groups is 1. The van der Waals surface area contributed by atoms with Crippen LogP contribution in [0.25, 0.3) is 6.08 Å². The molecule has 0 spiro atoms. The molecule has 1 atom stereocenters. The molecular weight excluding hydrogens is 478 g/mol. The number of hydrogen-bond donors (Lipinski definition) is 0. The Hall–Kier alpha value is -4.13. The van der Waals surface area contributed by atoms with E-state index < -0.39 is 5.60 Å². The number of anilines is 1. The van der Waals surface area contributed by atoms with Crippen LogP contribution in [0.1, 0.15) is 50.3 Å². The van der Waals surface area contributed by atoms with Gasteiger partial charge in [0, 0.05) is 37.5 Å². The monoisotopic (exact) mass is 513 g/mol. The molecule has 1 heterocycles. The summed E-state index contributed by atoms with van der Waals surface area (Å²) >= 11 is 0. The van der Waals surface area contributed by atoms with E-state index in [4.69, 9.17) is 4.74 Å². The highest BCUT2D eigenvalue weighted by atomic mass is 16.6. The number of likely N-dealkylation sites (tertiary alicyclic amines) is 1. The Morgan fingerprint density at radius 2 is 1.61 bits per heavy atom. The molecule has 0 radical (unpaired) electrons. The first-order valence-corrected chi connectivity index (χ1v) is 13.0. The van der Waals surface area contributed by atoms with Gasteiger partial charge < -0.3 is 14.5 Å². The smallest absolute Gasteiger partial charge is 0.410 e. The molecule has 0 bridgehead atoms. The molecule has 3 aromatic rings. The highest BCUT2D eigenvalue weighted by Gasteiger charge is 2.30. The van der Waals surface area contributed by atoms with E-state index in [1.54, 1.807) is 12.1 Å². The number of carbonyl (C=O) groups excluding carboxylic acids is 1. The number of para-hydroxylation sites is 1. The van der Waals surface area contributed by atoms with Crippen molar-refractivity contribution < 1.29 is 14.5 Å². The standard InChI is InChI=1S/C31H35N3O4/c1-31(2,3)38-30(35)33-21-7-10-28(33)18-15-24-11-13-25(14-12-24)22-32(27-8-5-4-6-9-27)23-26-16-19-29(20-17-26)34(36)37/h4-6,8-9,11-20,28H,7,10,21-23H2,1-3H3. The second-order valence-corrected chi connectivity index (χ2v) is 10.6. The fourth-order valence-corrected chi connectivity index (χ4v) is 4.54. The van der Waals surface area contributed by atoms with Crippen LogP contribution in [0.4, 0.5) is 16.2 Å². The Bertz CT molecular complexity index is 1250. The van der Waals surface area contributed by atoms with Crippen LogP contribution in [0.15, 0.2) is 84.9 Å². The van der Waals surface area contributed by atoms with Crippen molar-refractivity contribution in [3.63, 3.8) is 0 Å². The highest BCUT2D eigenvalue weighted by Crippen LogP contribution is 2.24. The molecule has 0 N–H and O–H groups in total. The molecule has 1 amide bonds. The molecule has 4 rings (SSSR count). The van der Waals surface area contributed by atoms with E-state index in [0.717, 1.165) is 35.2 Å². The summed E-state index contributed by atoms with van der Waals surface area (Å²) < 4.78 is 5.57. The van der Waals surface area contributed by atoms with Crippen molar-refractivity contribution in [2.75, 3.05) is 11.4 Å². The lowest BCUT2D eigenvalue weighted by molar-refractivity contribution is -0.384. The molecule has 7 heteroatoms. The van der Waals surface area contributed by atoms with Gasteiger partial charge in [-0.3, -0.25) is 10.1 Å². The molecule has 1 saturated heterocycles. The maximum atomic E-state index is 12.6. The third-order valence-corrected chi connectivity index (χ3v) is 6.43. The number of ether oxygens (including phenoxy) is 1. The van der Waals surface area contributed by atoms with Crippen LogP contribution in [0.5, 0.6) is 0 Å². The SMILES string of the molecule is CC(C)(C)OC(=O)N1CCCC1C=Cc1ccc(CN(Cc2ccc([N+](=O)[O-])cc2)c2ccccc2)cc1. The second kappa shape index (κ2) is 11.9.